The van der Waals surface area contributed by atoms with E-state index in [0.717, 1.165) is 17.2 Å². The highest BCUT2D eigenvalue weighted by Crippen LogP contribution is 2.50. The molecule has 0 aromatic heterocycles. The van der Waals surface area contributed by atoms with Gasteiger partial charge in [-0.25, -0.2) is 0 Å². The molecule has 0 amide bonds. The van der Waals surface area contributed by atoms with Crippen LogP contribution in [0.25, 0.3) is 10.8 Å². The molecule has 1 saturated carbocycles. The van der Waals surface area contributed by atoms with Crippen LogP contribution in [0.5, 0.6) is 0 Å². The van der Waals surface area contributed by atoms with E-state index in [2.05, 4.69) is 58.4 Å². The predicted octanol–water partition coefficient (Wildman–Crippen LogP) is 4.34. The number of hydrogen-bond acceptors (Lipinski definition) is 0. The molecule has 1 heteroatoms. The van der Waals surface area contributed by atoms with Crippen molar-refractivity contribution in [2.24, 2.45) is 5.92 Å². The van der Waals surface area contributed by atoms with Crippen molar-refractivity contribution < 1.29 is 0 Å². The Balaban J connectivity index is 2.11. The summed E-state index contributed by atoms with van der Waals surface area (Å²) in [5.41, 5.74) is 1.54. The maximum atomic E-state index is 3.58. The molecule has 0 N–H and O–H groups in total. The summed E-state index contributed by atoms with van der Waals surface area (Å²) in [6.07, 6.45) is 1.35. The number of benzene rings is 2. The molecule has 0 heterocycles. The van der Waals surface area contributed by atoms with Crippen molar-refractivity contribution in [2.75, 3.05) is 5.33 Å². The van der Waals surface area contributed by atoms with Crippen molar-refractivity contribution in [1.82, 2.24) is 0 Å². The SMILES string of the molecule is BrCC1CC1c1cccc2ccccc12. The van der Waals surface area contributed by atoms with Crippen molar-refractivity contribution in [2.45, 2.75) is 12.3 Å². The maximum absolute atomic E-state index is 3.58. The highest BCUT2D eigenvalue weighted by Gasteiger charge is 2.37. The van der Waals surface area contributed by atoms with E-state index in [1.165, 1.54) is 22.8 Å². The standard InChI is InChI=1S/C14H13Br/c15-9-11-8-14(11)13-7-3-5-10-4-1-2-6-12(10)13/h1-7,11,14H,8-9H2. The van der Waals surface area contributed by atoms with Gasteiger partial charge in [0.1, 0.15) is 0 Å². The monoisotopic (exact) mass is 260 g/mol. The van der Waals surface area contributed by atoms with Crippen LogP contribution in [0.4, 0.5) is 0 Å². The second-order valence-corrected chi connectivity index (χ2v) is 4.97. The Bertz CT molecular complexity index is 484. The van der Waals surface area contributed by atoms with Gasteiger partial charge in [0, 0.05) is 5.33 Å². The lowest BCUT2D eigenvalue weighted by Crippen LogP contribution is -1.86. The van der Waals surface area contributed by atoms with E-state index in [4.69, 9.17) is 0 Å². The minimum atomic E-state index is 0.787. The topological polar surface area (TPSA) is 0 Å². The van der Waals surface area contributed by atoms with Crippen molar-refractivity contribution in [3.05, 3.63) is 48.0 Å². The van der Waals surface area contributed by atoms with Gasteiger partial charge in [-0.1, -0.05) is 58.4 Å². The molecule has 1 aliphatic carbocycles. The van der Waals surface area contributed by atoms with Crippen LogP contribution in [0.3, 0.4) is 0 Å². The van der Waals surface area contributed by atoms with Crippen molar-refractivity contribution in [3.63, 3.8) is 0 Å². The summed E-state index contributed by atoms with van der Waals surface area (Å²) in [6.45, 7) is 0. The average Bonchev–Trinajstić information content (AvgIpc) is 3.07. The van der Waals surface area contributed by atoms with Crippen molar-refractivity contribution in [3.8, 4) is 0 Å². The van der Waals surface area contributed by atoms with Gasteiger partial charge >= 0.3 is 0 Å². The van der Waals surface area contributed by atoms with Gasteiger partial charge in [0.05, 0.1) is 0 Å². The van der Waals surface area contributed by atoms with Crippen LogP contribution in [0.2, 0.25) is 0 Å². The lowest BCUT2D eigenvalue weighted by Gasteiger charge is -2.05. The van der Waals surface area contributed by atoms with Crippen LogP contribution in [0.1, 0.15) is 17.9 Å². The third-order valence-electron chi connectivity index (χ3n) is 3.34. The minimum absolute atomic E-state index is 0.787. The van der Waals surface area contributed by atoms with Gasteiger partial charge in [0.15, 0.2) is 0 Å². The minimum Gasteiger partial charge on any atom is -0.0925 e. The Hall–Kier alpha value is -0.820. The zero-order chi connectivity index (χ0) is 10.3. The van der Waals surface area contributed by atoms with Gasteiger partial charge in [-0.2, -0.15) is 0 Å². The van der Waals surface area contributed by atoms with Crippen LogP contribution >= 0.6 is 15.9 Å². The van der Waals surface area contributed by atoms with E-state index in [0.29, 0.717) is 0 Å². The second kappa shape index (κ2) is 3.64. The van der Waals surface area contributed by atoms with Gasteiger partial charge in [-0.3, -0.25) is 0 Å². The number of rotatable bonds is 2. The predicted molar refractivity (Wildman–Crippen MR) is 68.6 cm³/mol. The number of hydrogen-bond donors (Lipinski definition) is 0. The Morgan fingerprint density at radius 1 is 1.07 bits per heavy atom. The lowest BCUT2D eigenvalue weighted by molar-refractivity contribution is 0.942. The van der Waals surface area contributed by atoms with Crippen LogP contribution in [-0.4, -0.2) is 5.33 Å². The summed E-state index contributed by atoms with van der Waals surface area (Å²) in [7, 11) is 0. The summed E-state index contributed by atoms with van der Waals surface area (Å²) in [5, 5.41) is 3.95. The average molecular weight is 261 g/mol. The van der Waals surface area contributed by atoms with E-state index < -0.39 is 0 Å². The molecular weight excluding hydrogens is 248 g/mol. The summed E-state index contributed by atoms with van der Waals surface area (Å²) in [5.74, 6) is 1.64. The number of alkyl halides is 1. The molecule has 2 unspecified atom stereocenters. The molecule has 0 bridgehead atoms. The van der Waals surface area contributed by atoms with Crippen LogP contribution in [0, 0.1) is 5.92 Å². The fourth-order valence-corrected chi connectivity index (χ4v) is 3.09. The largest absolute Gasteiger partial charge is 0.0925 e. The zero-order valence-electron chi connectivity index (χ0n) is 8.49. The quantitative estimate of drug-likeness (QED) is 0.705. The van der Waals surface area contributed by atoms with Gasteiger partial charge < -0.3 is 0 Å². The Morgan fingerprint density at radius 3 is 2.67 bits per heavy atom. The number of fused-ring (bicyclic) bond motifs is 1. The molecule has 0 saturated heterocycles. The van der Waals surface area contributed by atoms with Crippen LogP contribution < -0.4 is 0 Å². The molecule has 0 aliphatic heterocycles. The van der Waals surface area contributed by atoms with Crippen molar-refractivity contribution in [1.29, 1.82) is 0 Å². The molecule has 1 aliphatic rings. The van der Waals surface area contributed by atoms with Gasteiger partial charge in [-0.15, -0.1) is 0 Å². The van der Waals surface area contributed by atoms with Gasteiger partial charge in [-0.05, 0) is 34.6 Å². The second-order valence-electron chi connectivity index (χ2n) is 4.32. The Kier molecular flexibility index (Phi) is 2.28. The fraction of sp³-hybridized carbons (Fsp3) is 0.286. The van der Waals surface area contributed by atoms with E-state index in [9.17, 15) is 0 Å². The first-order chi connectivity index (χ1) is 7.40. The first kappa shape index (κ1) is 9.41. The molecule has 2 aromatic rings. The molecule has 0 spiro atoms. The number of halogens is 1. The van der Waals surface area contributed by atoms with Crippen molar-refractivity contribution >= 4 is 26.7 Å². The van der Waals surface area contributed by atoms with Crippen LogP contribution in [0.15, 0.2) is 42.5 Å². The Morgan fingerprint density at radius 2 is 1.87 bits per heavy atom. The third-order valence-corrected chi connectivity index (χ3v) is 4.18. The van der Waals surface area contributed by atoms with E-state index in [-0.39, 0.29) is 0 Å². The van der Waals surface area contributed by atoms with Crippen LogP contribution in [-0.2, 0) is 0 Å². The Labute approximate surface area is 98.4 Å². The van der Waals surface area contributed by atoms with Gasteiger partial charge in [0.2, 0.25) is 0 Å². The molecule has 3 rings (SSSR count). The fourth-order valence-electron chi connectivity index (χ4n) is 2.37. The third kappa shape index (κ3) is 1.59. The van der Waals surface area contributed by atoms with E-state index in [1.54, 1.807) is 0 Å². The molecule has 1 fully saturated rings. The molecule has 0 radical (unpaired) electrons. The molecular formula is C14H13Br. The first-order valence-electron chi connectivity index (χ1n) is 5.44. The highest BCUT2D eigenvalue weighted by molar-refractivity contribution is 9.09. The zero-order valence-corrected chi connectivity index (χ0v) is 10.1. The smallest absolute Gasteiger partial charge is 0.00657 e. The molecule has 15 heavy (non-hydrogen) atoms. The van der Waals surface area contributed by atoms with Gasteiger partial charge in [0.25, 0.3) is 0 Å². The lowest BCUT2D eigenvalue weighted by atomic mass is 10.0. The molecule has 76 valence electrons. The normalized spacial score (nSPS) is 24.3. The molecule has 0 nitrogen and oxygen atoms in total. The molecule has 2 atom stereocenters. The summed E-state index contributed by atoms with van der Waals surface area (Å²) in [4.78, 5) is 0. The van der Waals surface area contributed by atoms with E-state index >= 15 is 0 Å². The first-order valence-corrected chi connectivity index (χ1v) is 6.56. The highest BCUT2D eigenvalue weighted by atomic mass is 79.9. The molecule has 2 aromatic carbocycles. The summed E-state index contributed by atoms with van der Waals surface area (Å²) in [6, 6.07) is 15.4. The maximum Gasteiger partial charge on any atom is 0.00657 e. The summed E-state index contributed by atoms with van der Waals surface area (Å²) < 4.78 is 0. The van der Waals surface area contributed by atoms with E-state index in [1.807, 2.05) is 0 Å². The summed E-state index contributed by atoms with van der Waals surface area (Å²) >= 11 is 3.58.